The van der Waals surface area contributed by atoms with Crippen LogP contribution in [0.1, 0.15) is 27.3 Å². The molecule has 0 spiro atoms. The Morgan fingerprint density at radius 3 is 2.76 bits per heavy atom. The summed E-state index contributed by atoms with van der Waals surface area (Å²) in [6.45, 7) is 3.65. The number of aliphatic hydroxyl groups excluding tert-OH is 1. The maximum atomic E-state index is 12.5. The predicted octanol–water partition coefficient (Wildman–Crippen LogP) is 2.35. The zero-order valence-corrected chi connectivity index (χ0v) is 18.5. The van der Waals surface area contributed by atoms with Gasteiger partial charge in [0.1, 0.15) is 12.9 Å². The van der Waals surface area contributed by atoms with Crippen LogP contribution in [0, 0.1) is 13.8 Å². The molecule has 2 heterocycles. The molecule has 2 aromatic carbocycles. The molecule has 9 heteroatoms. The van der Waals surface area contributed by atoms with Crippen LogP contribution in [-0.2, 0) is 17.8 Å². The zero-order chi connectivity index (χ0) is 23.4. The van der Waals surface area contributed by atoms with Crippen LogP contribution in [0.25, 0.3) is 10.9 Å². The van der Waals surface area contributed by atoms with Crippen molar-refractivity contribution in [1.82, 2.24) is 25.1 Å². The summed E-state index contributed by atoms with van der Waals surface area (Å²) in [6, 6.07) is 13.0. The van der Waals surface area contributed by atoms with Crippen molar-refractivity contribution in [1.29, 1.82) is 0 Å². The Morgan fingerprint density at radius 2 is 1.97 bits per heavy atom. The van der Waals surface area contributed by atoms with E-state index in [1.54, 1.807) is 0 Å². The zero-order valence-electron chi connectivity index (χ0n) is 18.5. The van der Waals surface area contributed by atoms with Gasteiger partial charge in [0.25, 0.3) is 5.91 Å². The number of benzene rings is 2. The molecule has 0 saturated heterocycles. The van der Waals surface area contributed by atoms with Gasteiger partial charge in [0.15, 0.2) is 0 Å². The molecular formula is C24H26N6O3. The number of hydrogen-bond acceptors (Lipinski definition) is 5. The first-order valence-corrected chi connectivity index (χ1v) is 10.7. The van der Waals surface area contributed by atoms with E-state index in [9.17, 15) is 14.7 Å². The number of carbonyl (C=O) groups excluding carboxylic acids is 2. The van der Waals surface area contributed by atoms with Crippen LogP contribution in [0.2, 0.25) is 0 Å². The van der Waals surface area contributed by atoms with Gasteiger partial charge in [0.05, 0.1) is 12.6 Å². The van der Waals surface area contributed by atoms with Gasteiger partial charge in [0, 0.05) is 22.8 Å². The number of aromatic nitrogens is 4. The SMILES string of the molecule is Cc1ccc(NC(=O)c2ncn(CC(=O)N[C@H](CO)Cc3c[nH]c4ccccc34)n2)cc1C. The Balaban J connectivity index is 1.34. The van der Waals surface area contributed by atoms with Gasteiger partial charge in [-0.05, 0) is 55.2 Å². The van der Waals surface area contributed by atoms with Gasteiger partial charge in [-0.3, -0.25) is 9.59 Å². The first kappa shape index (κ1) is 22.2. The number of carbonyl (C=O) groups is 2. The molecule has 0 bridgehead atoms. The molecule has 0 unspecified atom stereocenters. The second-order valence-electron chi connectivity index (χ2n) is 8.03. The van der Waals surface area contributed by atoms with E-state index in [1.165, 1.54) is 11.0 Å². The lowest BCUT2D eigenvalue weighted by Gasteiger charge is -2.16. The average Bonchev–Trinajstić information content (AvgIpc) is 3.43. The number of nitrogens with zero attached hydrogens (tertiary/aromatic N) is 3. The van der Waals surface area contributed by atoms with Crippen LogP contribution in [0.15, 0.2) is 55.0 Å². The number of amides is 2. The number of H-pyrrole nitrogens is 1. The summed E-state index contributed by atoms with van der Waals surface area (Å²) in [6.07, 6.45) is 3.70. The number of aliphatic hydroxyl groups is 1. The monoisotopic (exact) mass is 446 g/mol. The van der Waals surface area contributed by atoms with Gasteiger partial charge in [-0.15, -0.1) is 5.10 Å². The summed E-state index contributed by atoms with van der Waals surface area (Å²) < 4.78 is 1.30. The Hall–Kier alpha value is -3.98. The molecule has 170 valence electrons. The van der Waals surface area contributed by atoms with E-state index >= 15 is 0 Å². The molecule has 4 aromatic rings. The molecule has 4 N–H and O–H groups in total. The maximum absolute atomic E-state index is 12.5. The largest absolute Gasteiger partial charge is 0.394 e. The van der Waals surface area contributed by atoms with E-state index in [2.05, 4.69) is 25.7 Å². The predicted molar refractivity (Wildman–Crippen MR) is 125 cm³/mol. The standard InChI is InChI=1S/C24H26N6O3/c1-15-7-8-18(9-16(15)2)28-24(33)23-26-14-30(29-23)12-22(32)27-19(13-31)10-17-11-25-21-6-4-3-5-20(17)21/h3-9,11,14,19,25,31H,10,12-13H2,1-2H3,(H,27,32)(H,28,33)/t19-/m0/s1. The fraction of sp³-hybridized carbons (Fsp3) is 0.250. The van der Waals surface area contributed by atoms with Gasteiger partial charge in [-0.1, -0.05) is 24.3 Å². The number of aryl methyl sites for hydroxylation is 2. The Morgan fingerprint density at radius 1 is 1.15 bits per heavy atom. The minimum absolute atomic E-state index is 0.0291. The van der Waals surface area contributed by atoms with E-state index < -0.39 is 11.9 Å². The van der Waals surface area contributed by atoms with Crippen molar-refractivity contribution in [3.8, 4) is 0 Å². The van der Waals surface area contributed by atoms with Crippen LogP contribution in [0.4, 0.5) is 5.69 Å². The van der Waals surface area contributed by atoms with Gasteiger partial charge >= 0.3 is 0 Å². The third-order valence-corrected chi connectivity index (χ3v) is 5.54. The summed E-state index contributed by atoms with van der Waals surface area (Å²) in [5.74, 6) is -0.816. The normalized spacial score (nSPS) is 12.0. The molecule has 1 atom stereocenters. The summed E-state index contributed by atoms with van der Waals surface area (Å²) in [4.78, 5) is 32.1. The van der Waals surface area contributed by atoms with E-state index in [-0.39, 0.29) is 24.9 Å². The molecule has 33 heavy (non-hydrogen) atoms. The molecule has 4 rings (SSSR count). The molecule has 0 saturated carbocycles. The molecule has 0 radical (unpaired) electrons. The molecule has 0 aliphatic heterocycles. The fourth-order valence-corrected chi connectivity index (χ4v) is 3.63. The molecule has 9 nitrogen and oxygen atoms in total. The number of anilines is 1. The highest BCUT2D eigenvalue weighted by Crippen LogP contribution is 2.19. The first-order chi connectivity index (χ1) is 15.9. The number of rotatable bonds is 8. The quantitative estimate of drug-likeness (QED) is 0.331. The Kier molecular flexibility index (Phi) is 6.50. The highest BCUT2D eigenvalue weighted by atomic mass is 16.3. The topological polar surface area (TPSA) is 125 Å². The number of aromatic amines is 1. The Labute approximate surface area is 190 Å². The summed E-state index contributed by atoms with van der Waals surface area (Å²) in [5, 5.41) is 20.5. The van der Waals surface area contributed by atoms with Crippen molar-refractivity contribution in [3.05, 3.63) is 77.5 Å². The van der Waals surface area contributed by atoms with Crippen molar-refractivity contribution in [2.75, 3.05) is 11.9 Å². The number of para-hydroxylation sites is 1. The third-order valence-electron chi connectivity index (χ3n) is 5.54. The molecule has 2 aromatic heterocycles. The van der Waals surface area contributed by atoms with Crippen molar-refractivity contribution < 1.29 is 14.7 Å². The van der Waals surface area contributed by atoms with E-state index in [1.807, 2.05) is 62.5 Å². The lowest BCUT2D eigenvalue weighted by molar-refractivity contribution is -0.122. The smallest absolute Gasteiger partial charge is 0.295 e. The van der Waals surface area contributed by atoms with Crippen molar-refractivity contribution in [2.45, 2.75) is 32.9 Å². The van der Waals surface area contributed by atoms with Crippen molar-refractivity contribution in [3.63, 3.8) is 0 Å². The minimum atomic E-state index is -0.454. The Bertz CT molecular complexity index is 1290. The number of hydrogen-bond donors (Lipinski definition) is 4. The van der Waals surface area contributed by atoms with Crippen LogP contribution in [-0.4, -0.2) is 49.3 Å². The van der Waals surface area contributed by atoms with Gasteiger partial charge < -0.3 is 20.7 Å². The fourth-order valence-electron chi connectivity index (χ4n) is 3.63. The van der Waals surface area contributed by atoms with Crippen LogP contribution in [0.5, 0.6) is 0 Å². The molecule has 2 amide bonds. The van der Waals surface area contributed by atoms with E-state index in [0.717, 1.165) is 27.6 Å². The molecule has 0 aliphatic carbocycles. The highest BCUT2D eigenvalue weighted by molar-refractivity contribution is 6.01. The first-order valence-electron chi connectivity index (χ1n) is 10.7. The van der Waals surface area contributed by atoms with Crippen LogP contribution < -0.4 is 10.6 Å². The molecular weight excluding hydrogens is 420 g/mol. The third kappa shape index (κ3) is 5.27. The van der Waals surface area contributed by atoms with Crippen LogP contribution in [0.3, 0.4) is 0 Å². The highest BCUT2D eigenvalue weighted by Gasteiger charge is 2.17. The maximum Gasteiger partial charge on any atom is 0.295 e. The summed E-state index contributed by atoms with van der Waals surface area (Å²) in [5.41, 5.74) is 4.86. The number of fused-ring (bicyclic) bond motifs is 1. The minimum Gasteiger partial charge on any atom is -0.394 e. The molecule has 0 aliphatic rings. The van der Waals surface area contributed by atoms with Crippen LogP contribution >= 0.6 is 0 Å². The van der Waals surface area contributed by atoms with Gasteiger partial charge in [-0.25, -0.2) is 9.67 Å². The van der Waals surface area contributed by atoms with E-state index in [0.29, 0.717) is 12.1 Å². The number of nitrogens with one attached hydrogen (secondary N) is 3. The summed E-state index contributed by atoms with van der Waals surface area (Å²) in [7, 11) is 0. The van der Waals surface area contributed by atoms with Crippen molar-refractivity contribution in [2.24, 2.45) is 0 Å². The van der Waals surface area contributed by atoms with Gasteiger partial charge in [-0.2, -0.15) is 0 Å². The second kappa shape index (κ2) is 9.66. The molecule has 0 fully saturated rings. The lowest BCUT2D eigenvalue weighted by Crippen LogP contribution is -2.40. The van der Waals surface area contributed by atoms with Gasteiger partial charge in [0.2, 0.25) is 11.7 Å². The van der Waals surface area contributed by atoms with Crippen molar-refractivity contribution >= 4 is 28.4 Å². The second-order valence-corrected chi connectivity index (χ2v) is 8.03. The lowest BCUT2D eigenvalue weighted by atomic mass is 10.1. The average molecular weight is 447 g/mol. The van der Waals surface area contributed by atoms with E-state index in [4.69, 9.17) is 0 Å². The summed E-state index contributed by atoms with van der Waals surface area (Å²) >= 11 is 0.